The van der Waals surface area contributed by atoms with Gasteiger partial charge in [0.15, 0.2) is 5.78 Å². The molecular formula is C15H20NO. The fraction of sp³-hybridized carbons (Fsp3) is 0.467. The van der Waals surface area contributed by atoms with Gasteiger partial charge in [-0.25, -0.2) is 0 Å². The van der Waals surface area contributed by atoms with Gasteiger partial charge < -0.3 is 5.32 Å². The molecule has 2 rings (SSSR count). The van der Waals surface area contributed by atoms with Crippen molar-refractivity contribution < 1.29 is 4.79 Å². The Hall–Kier alpha value is -1.31. The van der Waals surface area contributed by atoms with Crippen LogP contribution in [0.5, 0.6) is 0 Å². The first-order valence-electron chi connectivity index (χ1n) is 6.46. The van der Waals surface area contributed by atoms with Crippen molar-refractivity contribution in [2.24, 2.45) is 5.92 Å². The lowest BCUT2D eigenvalue weighted by molar-refractivity contribution is 0.0995. The first kappa shape index (κ1) is 12.2. The van der Waals surface area contributed by atoms with E-state index in [-0.39, 0.29) is 5.78 Å². The van der Waals surface area contributed by atoms with Crippen LogP contribution in [-0.2, 0) is 0 Å². The second kappa shape index (κ2) is 5.85. The van der Waals surface area contributed by atoms with Crippen LogP contribution < -0.4 is 5.32 Å². The standard InChI is InChI=1S/C15H20NO/c1-2-15(17)13-8-5-9-14(10-13)16-11-12-6-3-4-7-12/h5,8-10,12,16H,1-4,6-7,11H2. The molecular weight excluding hydrogens is 210 g/mol. The number of hydrogen-bond donors (Lipinski definition) is 1. The number of hydrogen-bond acceptors (Lipinski definition) is 2. The van der Waals surface area contributed by atoms with Gasteiger partial charge in [-0.15, -0.1) is 0 Å². The number of benzene rings is 1. The van der Waals surface area contributed by atoms with E-state index in [2.05, 4.69) is 12.2 Å². The zero-order valence-corrected chi connectivity index (χ0v) is 10.2. The summed E-state index contributed by atoms with van der Waals surface area (Å²) in [5.74, 6) is 0.914. The Morgan fingerprint density at radius 1 is 1.35 bits per heavy atom. The van der Waals surface area contributed by atoms with E-state index in [4.69, 9.17) is 0 Å². The normalized spacial score (nSPS) is 16.1. The van der Waals surface area contributed by atoms with Crippen molar-refractivity contribution in [1.82, 2.24) is 0 Å². The van der Waals surface area contributed by atoms with Crippen LogP contribution in [0.15, 0.2) is 24.3 Å². The fourth-order valence-corrected chi connectivity index (χ4v) is 2.42. The Balaban J connectivity index is 1.93. The molecule has 1 radical (unpaired) electrons. The zero-order valence-electron chi connectivity index (χ0n) is 10.2. The van der Waals surface area contributed by atoms with E-state index < -0.39 is 0 Å². The van der Waals surface area contributed by atoms with Gasteiger partial charge in [0.1, 0.15) is 0 Å². The third-order valence-corrected chi connectivity index (χ3v) is 3.48. The van der Waals surface area contributed by atoms with Crippen LogP contribution in [0.4, 0.5) is 5.69 Å². The average Bonchev–Trinajstić information content (AvgIpc) is 2.89. The Bertz CT molecular complexity index is 380. The van der Waals surface area contributed by atoms with E-state index in [0.29, 0.717) is 6.42 Å². The number of Topliss-reactive ketones (excluding diaryl/α,β-unsaturated/α-hetero) is 1. The summed E-state index contributed by atoms with van der Waals surface area (Å²) in [5.41, 5.74) is 1.81. The van der Waals surface area contributed by atoms with Crippen molar-refractivity contribution in [3.8, 4) is 0 Å². The molecule has 0 unspecified atom stereocenters. The monoisotopic (exact) mass is 230 g/mol. The minimum atomic E-state index is 0.106. The molecule has 0 aromatic heterocycles. The number of carbonyl (C=O) groups is 1. The third-order valence-electron chi connectivity index (χ3n) is 3.48. The summed E-state index contributed by atoms with van der Waals surface area (Å²) >= 11 is 0. The van der Waals surface area contributed by atoms with Crippen LogP contribution in [-0.4, -0.2) is 12.3 Å². The molecule has 0 saturated heterocycles. The lowest BCUT2D eigenvalue weighted by atomic mass is 10.1. The van der Waals surface area contributed by atoms with Crippen molar-refractivity contribution in [3.63, 3.8) is 0 Å². The first-order chi connectivity index (χ1) is 8.29. The molecule has 1 saturated carbocycles. The van der Waals surface area contributed by atoms with E-state index in [1.807, 2.05) is 24.3 Å². The Morgan fingerprint density at radius 2 is 2.12 bits per heavy atom. The highest BCUT2D eigenvalue weighted by Crippen LogP contribution is 2.25. The Labute approximate surface area is 103 Å². The van der Waals surface area contributed by atoms with Gasteiger partial charge in [-0.05, 0) is 37.8 Å². The fourth-order valence-electron chi connectivity index (χ4n) is 2.42. The van der Waals surface area contributed by atoms with Gasteiger partial charge >= 0.3 is 0 Å². The summed E-state index contributed by atoms with van der Waals surface area (Å²) in [5, 5.41) is 3.43. The van der Waals surface area contributed by atoms with E-state index in [0.717, 1.165) is 23.7 Å². The van der Waals surface area contributed by atoms with Crippen molar-refractivity contribution in [2.45, 2.75) is 32.1 Å². The van der Waals surface area contributed by atoms with Gasteiger partial charge in [-0.1, -0.05) is 25.0 Å². The number of anilines is 1. The molecule has 0 aliphatic heterocycles. The molecule has 91 valence electrons. The molecule has 1 aliphatic carbocycles. The van der Waals surface area contributed by atoms with Gasteiger partial charge in [0.25, 0.3) is 0 Å². The summed E-state index contributed by atoms with van der Waals surface area (Å²) < 4.78 is 0. The highest BCUT2D eigenvalue weighted by atomic mass is 16.1. The molecule has 0 spiro atoms. The molecule has 1 fully saturated rings. The maximum atomic E-state index is 11.5. The van der Waals surface area contributed by atoms with Gasteiger partial charge in [0, 0.05) is 24.2 Å². The zero-order chi connectivity index (χ0) is 12.1. The average molecular weight is 230 g/mol. The van der Waals surface area contributed by atoms with Crippen LogP contribution in [0.3, 0.4) is 0 Å². The number of carbonyl (C=O) groups excluding carboxylic acids is 1. The number of nitrogens with one attached hydrogen (secondary N) is 1. The molecule has 0 bridgehead atoms. The van der Waals surface area contributed by atoms with Gasteiger partial charge in [-0.3, -0.25) is 4.79 Å². The first-order valence-corrected chi connectivity index (χ1v) is 6.46. The summed E-state index contributed by atoms with van der Waals surface area (Å²) in [6.07, 6.45) is 5.74. The second-order valence-corrected chi connectivity index (χ2v) is 4.79. The van der Waals surface area contributed by atoms with E-state index in [1.165, 1.54) is 25.7 Å². The molecule has 1 aromatic carbocycles. The second-order valence-electron chi connectivity index (χ2n) is 4.79. The molecule has 2 nitrogen and oxygen atoms in total. The van der Waals surface area contributed by atoms with Crippen molar-refractivity contribution in [1.29, 1.82) is 0 Å². The van der Waals surface area contributed by atoms with Crippen LogP contribution >= 0.6 is 0 Å². The van der Waals surface area contributed by atoms with Crippen LogP contribution in [0, 0.1) is 12.8 Å². The molecule has 17 heavy (non-hydrogen) atoms. The van der Waals surface area contributed by atoms with Gasteiger partial charge in [0.05, 0.1) is 0 Å². The van der Waals surface area contributed by atoms with Crippen molar-refractivity contribution in [2.75, 3.05) is 11.9 Å². The SMILES string of the molecule is [CH2]CC(=O)c1cccc(NCC2CCCC2)c1. The number of rotatable bonds is 5. The minimum absolute atomic E-state index is 0.106. The summed E-state index contributed by atoms with van der Waals surface area (Å²) in [6, 6.07) is 7.74. The predicted octanol–water partition coefficient (Wildman–Crippen LogP) is 3.70. The molecule has 1 N–H and O–H groups in total. The third kappa shape index (κ3) is 3.32. The Morgan fingerprint density at radius 3 is 2.82 bits per heavy atom. The van der Waals surface area contributed by atoms with E-state index in [9.17, 15) is 4.79 Å². The largest absolute Gasteiger partial charge is 0.385 e. The minimum Gasteiger partial charge on any atom is -0.385 e. The van der Waals surface area contributed by atoms with Crippen LogP contribution in [0.2, 0.25) is 0 Å². The molecule has 2 heteroatoms. The molecule has 0 heterocycles. The predicted molar refractivity (Wildman–Crippen MR) is 71.2 cm³/mol. The maximum absolute atomic E-state index is 11.5. The van der Waals surface area contributed by atoms with E-state index in [1.54, 1.807) is 0 Å². The van der Waals surface area contributed by atoms with E-state index >= 15 is 0 Å². The highest BCUT2D eigenvalue weighted by Gasteiger charge is 2.14. The van der Waals surface area contributed by atoms with Crippen LogP contribution in [0.1, 0.15) is 42.5 Å². The summed E-state index contributed by atoms with van der Waals surface area (Å²) in [6.45, 7) is 4.66. The van der Waals surface area contributed by atoms with Crippen LogP contribution in [0.25, 0.3) is 0 Å². The molecule has 0 amide bonds. The summed E-state index contributed by atoms with van der Waals surface area (Å²) in [7, 11) is 0. The molecule has 1 aromatic rings. The maximum Gasteiger partial charge on any atom is 0.162 e. The lowest BCUT2D eigenvalue weighted by Gasteiger charge is -2.12. The molecule has 1 aliphatic rings. The summed E-state index contributed by atoms with van der Waals surface area (Å²) in [4.78, 5) is 11.5. The van der Waals surface area contributed by atoms with Crippen molar-refractivity contribution in [3.05, 3.63) is 36.8 Å². The number of ketones is 1. The van der Waals surface area contributed by atoms with Gasteiger partial charge in [-0.2, -0.15) is 0 Å². The van der Waals surface area contributed by atoms with Gasteiger partial charge in [0.2, 0.25) is 0 Å². The highest BCUT2D eigenvalue weighted by molar-refractivity contribution is 5.97. The lowest BCUT2D eigenvalue weighted by Crippen LogP contribution is -2.11. The van der Waals surface area contributed by atoms with Crippen molar-refractivity contribution >= 4 is 11.5 Å². The molecule has 0 atom stereocenters. The quantitative estimate of drug-likeness (QED) is 0.781. The smallest absolute Gasteiger partial charge is 0.162 e. The Kier molecular flexibility index (Phi) is 4.18. The topological polar surface area (TPSA) is 29.1 Å².